The van der Waals surface area contributed by atoms with E-state index >= 15 is 0 Å². The number of nitrogens with one attached hydrogen (secondary N) is 2. The fourth-order valence-electron chi connectivity index (χ4n) is 3.47. The zero-order chi connectivity index (χ0) is 22.5. The van der Waals surface area contributed by atoms with Crippen LogP contribution in [0.4, 0.5) is 5.69 Å². The Kier molecular flexibility index (Phi) is 5.86. The van der Waals surface area contributed by atoms with Gasteiger partial charge in [0.05, 0.1) is 18.9 Å². The molecule has 0 aliphatic rings. The van der Waals surface area contributed by atoms with Crippen LogP contribution in [-0.4, -0.2) is 26.3 Å². The highest BCUT2D eigenvalue weighted by atomic mass is 16.5. The Bertz CT molecular complexity index is 1380. The van der Waals surface area contributed by atoms with E-state index in [-0.39, 0.29) is 5.91 Å². The summed E-state index contributed by atoms with van der Waals surface area (Å²) < 4.78 is 5.76. The Morgan fingerprint density at radius 3 is 2.42 bits per heavy atom. The molecular weight excluding hydrogens is 414 g/mol. The highest BCUT2D eigenvalue weighted by molar-refractivity contribution is 6.04. The molecule has 2 aromatic heterocycles. The first-order valence-corrected chi connectivity index (χ1v) is 10.5. The maximum atomic E-state index is 12.7. The van der Waals surface area contributed by atoms with Gasteiger partial charge >= 0.3 is 0 Å². The summed E-state index contributed by atoms with van der Waals surface area (Å²) in [4.78, 5) is 17.2. The number of H-pyrrole nitrogens is 1. The summed E-state index contributed by atoms with van der Waals surface area (Å²) in [6.45, 7) is 1.04. The number of rotatable bonds is 7. The lowest BCUT2D eigenvalue weighted by molar-refractivity contribution is 0.102. The maximum Gasteiger partial charge on any atom is 0.255 e. The van der Waals surface area contributed by atoms with Crippen molar-refractivity contribution in [1.29, 1.82) is 0 Å². The maximum absolute atomic E-state index is 12.7. The van der Waals surface area contributed by atoms with Crippen molar-refractivity contribution in [2.45, 2.75) is 13.2 Å². The second-order valence-corrected chi connectivity index (χ2v) is 7.57. The summed E-state index contributed by atoms with van der Waals surface area (Å²) in [5.41, 5.74) is 6.30. The van der Waals surface area contributed by atoms with Crippen molar-refractivity contribution in [3.8, 4) is 11.3 Å². The van der Waals surface area contributed by atoms with Crippen molar-refractivity contribution in [2.24, 2.45) is 0 Å². The predicted octanol–water partition coefficient (Wildman–Crippen LogP) is 4.99. The molecular formula is C26H21N5O2. The van der Waals surface area contributed by atoms with Crippen LogP contribution in [0.3, 0.4) is 0 Å². The fraction of sp³-hybridized carbons (Fsp3) is 0.0769. The quantitative estimate of drug-likeness (QED) is 0.376. The third kappa shape index (κ3) is 4.94. The van der Waals surface area contributed by atoms with E-state index < -0.39 is 0 Å². The summed E-state index contributed by atoms with van der Waals surface area (Å²) in [5, 5.41) is 13.6. The molecule has 0 saturated carbocycles. The summed E-state index contributed by atoms with van der Waals surface area (Å²) in [6.07, 6.45) is 0. The van der Waals surface area contributed by atoms with Crippen molar-refractivity contribution in [3.63, 3.8) is 0 Å². The Balaban J connectivity index is 1.21. The first kappa shape index (κ1) is 20.5. The molecule has 2 heterocycles. The predicted molar refractivity (Wildman–Crippen MR) is 126 cm³/mol. The van der Waals surface area contributed by atoms with E-state index in [1.165, 1.54) is 0 Å². The van der Waals surface area contributed by atoms with Gasteiger partial charge in [0.15, 0.2) is 0 Å². The van der Waals surface area contributed by atoms with Crippen LogP contribution in [0.15, 0.2) is 91.0 Å². The number of fused-ring (bicyclic) bond motifs is 1. The summed E-state index contributed by atoms with van der Waals surface area (Å²) in [7, 11) is 0. The lowest BCUT2D eigenvalue weighted by Gasteiger charge is -2.09. The molecule has 0 aliphatic heterocycles. The van der Waals surface area contributed by atoms with E-state index in [1.54, 1.807) is 12.1 Å². The van der Waals surface area contributed by atoms with Gasteiger partial charge in [0, 0.05) is 16.8 Å². The topological polar surface area (TPSA) is 92.8 Å². The zero-order valence-electron chi connectivity index (χ0n) is 17.7. The van der Waals surface area contributed by atoms with Gasteiger partial charge in [-0.1, -0.05) is 54.6 Å². The summed E-state index contributed by atoms with van der Waals surface area (Å²) in [6, 6.07) is 28.8. The number of pyridine rings is 1. The highest BCUT2D eigenvalue weighted by Gasteiger charge is 2.09. The molecule has 3 aromatic carbocycles. The van der Waals surface area contributed by atoms with Crippen LogP contribution in [0.2, 0.25) is 0 Å². The van der Waals surface area contributed by atoms with Gasteiger partial charge in [-0.15, -0.1) is 5.10 Å². The Morgan fingerprint density at radius 1 is 0.818 bits per heavy atom. The number of benzene rings is 3. The molecule has 33 heavy (non-hydrogen) atoms. The van der Waals surface area contributed by atoms with Gasteiger partial charge in [0.1, 0.15) is 5.52 Å². The van der Waals surface area contributed by atoms with Crippen LogP contribution in [0, 0.1) is 0 Å². The zero-order valence-corrected chi connectivity index (χ0v) is 17.7. The molecule has 0 saturated heterocycles. The first-order valence-electron chi connectivity index (χ1n) is 10.5. The van der Waals surface area contributed by atoms with Gasteiger partial charge in [0.2, 0.25) is 5.65 Å². The summed E-state index contributed by atoms with van der Waals surface area (Å²) >= 11 is 0. The van der Waals surface area contributed by atoms with Crippen molar-refractivity contribution in [1.82, 2.24) is 20.4 Å². The molecule has 0 fully saturated rings. The number of amides is 1. The van der Waals surface area contributed by atoms with Crippen LogP contribution in [0.5, 0.6) is 0 Å². The van der Waals surface area contributed by atoms with E-state index in [2.05, 4.69) is 25.7 Å². The third-order valence-corrected chi connectivity index (χ3v) is 5.19. The minimum atomic E-state index is -0.177. The minimum absolute atomic E-state index is 0.177. The molecule has 1 amide bonds. The number of carbonyl (C=O) groups is 1. The van der Waals surface area contributed by atoms with Crippen molar-refractivity contribution in [2.75, 3.05) is 5.32 Å². The SMILES string of the molecule is O=C(Nc1cccc(-c2ccc3n[nH]nc3n2)c1)c1ccc(COCc2ccccc2)cc1. The van der Waals surface area contributed by atoms with Gasteiger partial charge in [-0.2, -0.15) is 10.3 Å². The molecule has 0 unspecified atom stereocenters. The first-order chi connectivity index (χ1) is 16.2. The van der Waals surface area contributed by atoms with Crippen molar-refractivity contribution in [3.05, 3.63) is 108 Å². The highest BCUT2D eigenvalue weighted by Crippen LogP contribution is 2.23. The third-order valence-electron chi connectivity index (χ3n) is 5.19. The van der Waals surface area contributed by atoms with E-state index in [1.807, 2.05) is 78.9 Å². The molecule has 162 valence electrons. The lowest BCUT2D eigenvalue weighted by Crippen LogP contribution is -2.12. The lowest BCUT2D eigenvalue weighted by atomic mass is 10.1. The summed E-state index contributed by atoms with van der Waals surface area (Å²) in [5.74, 6) is -0.177. The number of anilines is 1. The number of aromatic nitrogens is 4. The average Bonchev–Trinajstić information content (AvgIpc) is 3.33. The molecule has 7 heteroatoms. The number of hydrogen-bond acceptors (Lipinski definition) is 5. The normalized spacial score (nSPS) is 10.9. The van der Waals surface area contributed by atoms with E-state index in [0.29, 0.717) is 35.6 Å². The Morgan fingerprint density at radius 2 is 1.61 bits per heavy atom. The Labute approximate surface area is 190 Å². The number of ether oxygens (including phenoxy) is 1. The second kappa shape index (κ2) is 9.42. The fourth-order valence-corrected chi connectivity index (χ4v) is 3.47. The van der Waals surface area contributed by atoms with E-state index in [4.69, 9.17) is 4.74 Å². The molecule has 2 N–H and O–H groups in total. The number of carbonyl (C=O) groups excluding carboxylic acids is 1. The van der Waals surface area contributed by atoms with Gasteiger partial charge in [-0.25, -0.2) is 4.98 Å². The average molecular weight is 435 g/mol. The molecule has 0 spiro atoms. The number of aromatic amines is 1. The molecule has 0 bridgehead atoms. The smallest absolute Gasteiger partial charge is 0.255 e. The van der Waals surface area contributed by atoms with Crippen LogP contribution in [-0.2, 0) is 18.0 Å². The number of nitrogens with zero attached hydrogens (tertiary/aromatic N) is 3. The molecule has 0 atom stereocenters. The standard InChI is InChI=1S/C26H21N5O2/c32-26(20-11-9-19(10-12-20)17-33-16-18-5-2-1-3-6-18)27-22-8-4-7-21(15-22)23-13-14-24-25(28-23)30-31-29-24/h1-15H,16-17H2,(H,27,32)(H,28,29,30,31). The van der Waals surface area contributed by atoms with Gasteiger partial charge < -0.3 is 10.1 Å². The van der Waals surface area contributed by atoms with E-state index in [9.17, 15) is 4.79 Å². The minimum Gasteiger partial charge on any atom is -0.372 e. The Hall–Kier alpha value is -4.36. The van der Waals surface area contributed by atoms with E-state index in [0.717, 1.165) is 22.4 Å². The van der Waals surface area contributed by atoms with Gasteiger partial charge in [-0.3, -0.25) is 4.79 Å². The van der Waals surface area contributed by atoms with Crippen LogP contribution >= 0.6 is 0 Å². The monoisotopic (exact) mass is 435 g/mol. The van der Waals surface area contributed by atoms with Gasteiger partial charge in [0.25, 0.3) is 5.91 Å². The number of hydrogen-bond donors (Lipinski definition) is 2. The second-order valence-electron chi connectivity index (χ2n) is 7.57. The van der Waals surface area contributed by atoms with Gasteiger partial charge in [-0.05, 0) is 47.5 Å². The van der Waals surface area contributed by atoms with Crippen molar-refractivity contribution < 1.29 is 9.53 Å². The van der Waals surface area contributed by atoms with Crippen LogP contribution < -0.4 is 5.32 Å². The molecule has 0 aliphatic carbocycles. The van der Waals surface area contributed by atoms with Crippen LogP contribution in [0.25, 0.3) is 22.4 Å². The largest absolute Gasteiger partial charge is 0.372 e. The molecule has 5 rings (SSSR count). The van der Waals surface area contributed by atoms with Crippen LogP contribution in [0.1, 0.15) is 21.5 Å². The molecule has 5 aromatic rings. The molecule has 0 radical (unpaired) electrons. The van der Waals surface area contributed by atoms with Crippen molar-refractivity contribution >= 4 is 22.8 Å². The molecule has 7 nitrogen and oxygen atoms in total.